The maximum atomic E-state index is 13.3. The van der Waals surface area contributed by atoms with Crippen molar-refractivity contribution in [1.29, 1.82) is 0 Å². The average molecular weight is 388 g/mol. The van der Waals surface area contributed by atoms with Crippen molar-refractivity contribution in [2.24, 2.45) is 0 Å². The van der Waals surface area contributed by atoms with Crippen molar-refractivity contribution in [1.82, 2.24) is 20.0 Å². The highest BCUT2D eigenvalue weighted by Gasteiger charge is 2.39. The monoisotopic (exact) mass is 388 g/mol. The van der Waals surface area contributed by atoms with E-state index in [4.69, 9.17) is 0 Å². The third-order valence-electron chi connectivity index (χ3n) is 5.61. The van der Waals surface area contributed by atoms with Crippen molar-refractivity contribution >= 4 is 17.8 Å². The minimum Gasteiger partial charge on any atom is -0.388 e. The Balaban J connectivity index is 1.51. The van der Waals surface area contributed by atoms with Gasteiger partial charge in [-0.3, -0.25) is 14.5 Å². The van der Waals surface area contributed by atoms with E-state index >= 15 is 0 Å². The van der Waals surface area contributed by atoms with Crippen LogP contribution in [-0.4, -0.2) is 95.0 Å². The molecule has 0 aromatic carbocycles. The fourth-order valence-corrected chi connectivity index (χ4v) is 3.89. The smallest absolute Gasteiger partial charge is 0.325 e. The van der Waals surface area contributed by atoms with Crippen LogP contribution in [0.4, 0.5) is 13.6 Å². The van der Waals surface area contributed by atoms with Crippen molar-refractivity contribution in [3.8, 4) is 0 Å². The molecule has 3 aliphatic rings. The predicted molar refractivity (Wildman–Crippen MR) is 91.1 cm³/mol. The molecule has 3 aliphatic heterocycles. The lowest BCUT2D eigenvalue weighted by Crippen LogP contribution is -2.49. The van der Waals surface area contributed by atoms with Crippen molar-refractivity contribution < 1.29 is 28.3 Å². The van der Waals surface area contributed by atoms with E-state index in [0.29, 0.717) is 38.9 Å². The van der Waals surface area contributed by atoms with Gasteiger partial charge in [0.2, 0.25) is 5.91 Å². The maximum absolute atomic E-state index is 13.3. The molecule has 3 fully saturated rings. The molecular weight excluding hydrogens is 362 g/mol. The second kappa shape index (κ2) is 7.67. The molecule has 3 heterocycles. The number of urea groups is 1. The zero-order chi connectivity index (χ0) is 19.7. The molecular formula is C17H26F2N4O4. The first-order valence-electron chi connectivity index (χ1n) is 9.36. The molecule has 0 radical (unpaired) electrons. The van der Waals surface area contributed by atoms with Crippen molar-refractivity contribution in [3.63, 3.8) is 0 Å². The van der Waals surface area contributed by atoms with E-state index in [1.54, 1.807) is 4.90 Å². The van der Waals surface area contributed by atoms with E-state index in [9.17, 15) is 28.3 Å². The molecule has 4 amide bonds. The Kier molecular flexibility index (Phi) is 5.66. The predicted octanol–water partition coefficient (Wildman–Crippen LogP) is 0.0129. The molecule has 1 unspecified atom stereocenters. The molecule has 152 valence electrons. The second-order valence-electron chi connectivity index (χ2n) is 7.73. The fraction of sp³-hybridized carbons (Fsp3) is 0.824. The number of carbonyl (C=O) groups excluding carboxylic acids is 3. The molecule has 0 aromatic heterocycles. The Labute approximate surface area is 156 Å². The molecule has 1 atom stereocenters. The van der Waals surface area contributed by atoms with Crippen LogP contribution in [-0.2, 0) is 9.59 Å². The Hall–Kier alpha value is -1.81. The van der Waals surface area contributed by atoms with Crippen LogP contribution < -0.4 is 5.32 Å². The van der Waals surface area contributed by atoms with Crippen LogP contribution in [0.2, 0.25) is 0 Å². The molecule has 8 nitrogen and oxygen atoms in total. The van der Waals surface area contributed by atoms with Gasteiger partial charge in [-0.05, 0) is 19.3 Å². The van der Waals surface area contributed by atoms with Crippen LogP contribution in [0, 0.1) is 0 Å². The minimum absolute atomic E-state index is 0.0965. The average Bonchev–Trinajstić information content (AvgIpc) is 2.81. The normalized spacial score (nSPS) is 29.6. The fourth-order valence-electron chi connectivity index (χ4n) is 3.89. The number of nitrogens with zero attached hydrogens (tertiary/aromatic N) is 3. The van der Waals surface area contributed by atoms with Crippen LogP contribution >= 0.6 is 0 Å². The van der Waals surface area contributed by atoms with Gasteiger partial charge in [0.1, 0.15) is 6.54 Å². The number of hydrogen-bond donors (Lipinski definition) is 2. The number of β-amino-alcohol motifs (C(OH)–C–C–N with tert-alkyl or cyclic N) is 1. The van der Waals surface area contributed by atoms with Gasteiger partial charge in [0.25, 0.3) is 11.8 Å². The SMILES string of the molecule is O=C(CN1C(=O)CNC1=O)N1CCCC(O)(CN2CCC(F)(F)CC2)CC1. The number of carbonyl (C=O) groups is 3. The van der Waals surface area contributed by atoms with Crippen LogP contribution in [0.1, 0.15) is 32.1 Å². The molecule has 0 aliphatic carbocycles. The van der Waals surface area contributed by atoms with Gasteiger partial charge in [0.15, 0.2) is 0 Å². The summed E-state index contributed by atoms with van der Waals surface area (Å²) in [5, 5.41) is 13.3. The third kappa shape index (κ3) is 4.92. The lowest BCUT2D eigenvalue weighted by atomic mass is 9.93. The molecule has 0 aromatic rings. The Bertz CT molecular complexity index is 592. The Morgan fingerprint density at radius 3 is 2.41 bits per heavy atom. The van der Waals surface area contributed by atoms with E-state index < -0.39 is 23.5 Å². The van der Waals surface area contributed by atoms with Crippen LogP contribution in [0.5, 0.6) is 0 Å². The first-order valence-corrected chi connectivity index (χ1v) is 9.36. The van der Waals surface area contributed by atoms with E-state index in [-0.39, 0.29) is 44.9 Å². The van der Waals surface area contributed by atoms with Gasteiger partial charge < -0.3 is 20.2 Å². The highest BCUT2D eigenvalue weighted by atomic mass is 19.3. The highest BCUT2D eigenvalue weighted by molar-refractivity contribution is 6.04. The number of imide groups is 1. The summed E-state index contributed by atoms with van der Waals surface area (Å²) < 4.78 is 26.6. The number of halogens is 2. The maximum Gasteiger partial charge on any atom is 0.325 e. The number of hydrogen-bond acceptors (Lipinski definition) is 5. The first kappa shape index (κ1) is 19.9. The lowest BCUT2D eigenvalue weighted by Gasteiger charge is -2.37. The van der Waals surface area contributed by atoms with Crippen LogP contribution in [0.25, 0.3) is 0 Å². The van der Waals surface area contributed by atoms with Gasteiger partial charge in [-0.1, -0.05) is 0 Å². The van der Waals surface area contributed by atoms with Crippen molar-refractivity contribution in [2.45, 2.75) is 43.6 Å². The summed E-state index contributed by atoms with van der Waals surface area (Å²) in [6.45, 7) is 1.17. The number of aliphatic hydroxyl groups is 1. The van der Waals surface area contributed by atoms with E-state index in [2.05, 4.69) is 5.32 Å². The molecule has 0 spiro atoms. The van der Waals surface area contributed by atoms with Gasteiger partial charge in [0.05, 0.1) is 12.1 Å². The standard InChI is InChI=1S/C17H26F2N4O4/c18-17(19)4-7-21(8-5-17)12-16(27)2-1-6-22(9-3-16)14(25)11-23-13(24)10-20-15(23)26/h27H,1-12H2,(H,20,26). The summed E-state index contributed by atoms with van der Waals surface area (Å²) in [5.74, 6) is -3.38. The van der Waals surface area contributed by atoms with Gasteiger partial charge in [-0.15, -0.1) is 0 Å². The number of nitrogens with one attached hydrogen (secondary N) is 1. The third-order valence-corrected chi connectivity index (χ3v) is 5.61. The quantitative estimate of drug-likeness (QED) is 0.662. The molecule has 0 saturated carbocycles. The summed E-state index contributed by atoms with van der Waals surface area (Å²) in [5.41, 5.74) is -1.03. The number of piperidine rings is 1. The molecule has 0 bridgehead atoms. The Morgan fingerprint density at radius 1 is 1.07 bits per heavy atom. The Morgan fingerprint density at radius 2 is 1.78 bits per heavy atom. The molecule has 3 rings (SSSR count). The van der Waals surface area contributed by atoms with Gasteiger partial charge in [-0.2, -0.15) is 0 Å². The summed E-state index contributed by atoms with van der Waals surface area (Å²) in [6.07, 6.45) is 1.00. The second-order valence-corrected chi connectivity index (χ2v) is 7.73. The zero-order valence-electron chi connectivity index (χ0n) is 15.3. The number of rotatable bonds is 4. The number of alkyl halides is 2. The summed E-state index contributed by atoms with van der Waals surface area (Å²) in [7, 11) is 0. The minimum atomic E-state index is -2.62. The molecule has 27 heavy (non-hydrogen) atoms. The van der Waals surface area contributed by atoms with Gasteiger partial charge >= 0.3 is 6.03 Å². The molecule has 10 heteroatoms. The highest BCUT2D eigenvalue weighted by Crippen LogP contribution is 2.30. The van der Waals surface area contributed by atoms with E-state index in [0.717, 1.165) is 4.90 Å². The topological polar surface area (TPSA) is 93.2 Å². The molecule has 2 N–H and O–H groups in total. The van der Waals surface area contributed by atoms with Crippen molar-refractivity contribution in [2.75, 3.05) is 45.8 Å². The summed E-state index contributed by atoms with van der Waals surface area (Å²) in [4.78, 5) is 39.9. The zero-order valence-corrected chi connectivity index (χ0v) is 15.3. The van der Waals surface area contributed by atoms with E-state index in [1.807, 2.05) is 4.90 Å². The largest absolute Gasteiger partial charge is 0.388 e. The van der Waals surface area contributed by atoms with Crippen molar-refractivity contribution in [3.05, 3.63) is 0 Å². The lowest BCUT2D eigenvalue weighted by molar-refractivity contribution is -0.136. The van der Waals surface area contributed by atoms with Crippen LogP contribution in [0.3, 0.4) is 0 Å². The molecule has 3 saturated heterocycles. The summed E-state index contributed by atoms with van der Waals surface area (Å²) >= 11 is 0. The summed E-state index contributed by atoms with van der Waals surface area (Å²) in [6, 6.07) is -0.568. The van der Waals surface area contributed by atoms with Crippen LogP contribution in [0.15, 0.2) is 0 Å². The van der Waals surface area contributed by atoms with E-state index in [1.165, 1.54) is 0 Å². The first-order chi connectivity index (χ1) is 12.7. The van der Waals surface area contributed by atoms with Gasteiger partial charge in [0, 0.05) is 45.6 Å². The number of amides is 4. The number of likely N-dealkylation sites (tertiary alicyclic amines) is 2. The van der Waals surface area contributed by atoms with Gasteiger partial charge in [-0.25, -0.2) is 13.6 Å².